The van der Waals surface area contributed by atoms with Gasteiger partial charge in [-0.05, 0) is 26.0 Å². The zero-order valence-corrected chi connectivity index (χ0v) is 17.6. The highest BCUT2D eigenvalue weighted by Crippen LogP contribution is 2.37. The number of carbonyl (C=O) groups excluding carboxylic acids is 1. The van der Waals surface area contributed by atoms with Crippen LogP contribution in [0.2, 0.25) is 0 Å². The monoisotopic (exact) mass is 475 g/mol. The van der Waals surface area contributed by atoms with Crippen molar-refractivity contribution in [2.24, 2.45) is 0 Å². The van der Waals surface area contributed by atoms with E-state index in [1.54, 1.807) is 19.9 Å². The lowest BCUT2D eigenvalue weighted by atomic mass is 9.91. The highest BCUT2D eigenvalue weighted by Gasteiger charge is 2.42. The fourth-order valence-corrected chi connectivity index (χ4v) is 3.64. The summed E-state index contributed by atoms with van der Waals surface area (Å²) in [5.41, 5.74) is -2.79. The van der Waals surface area contributed by atoms with Crippen molar-refractivity contribution in [3.63, 3.8) is 0 Å². The molecule has 8 nitrogen and oxygen atoms in total. The number of fused-ring (bicyclic) bond motifs is 2. The molecule has 0 bridgehead atoms. The maximum atomic E-state index is 14.4. The van der Waals surface area contributed by atoms with Gasteiger partial charge in [0.1, 0.15) is 17.2 Å². The molecule has 0 fully saturated rings. The van der Waals surface area contributed by atoms with Gasteiger partial charge in [0.25, 0.3) is 0 Å². The molecule has 5 rings (SSSR count). The van der Waals surface area contributed by atoms with Crippen molar-refractivity contribution in [3.8, 4) is 11.5 Å². The summed E-state index contributed by atoms with van der Waals surface area (Å²) >= 11 is 0. The number of hydrogen-bond donors (Lipinski definition) is 1. The lowest BCUT2D eigenvalue weighted by molar-refractivity contribution is -0.143. The predicted octanol–water partition coefficient (Wildman–Crippen LogP) is 3.86. The summed E-state index contributed by atoms with van der Waals surface area (Å²) in [6.07, 6.45) is -5.06. The first kappa shape index (κ1) is 21.8. The Labute approximate surface area is 187 Å². The number of rotatable bonds is 3. The maximum absolute atomic E-state index is 14.4. The number of amides is 1. The lowest BCUT2D eigenvalue weighted by Gasteiger charge is -2.11. The third-order valence-corrected chi connectivity index (χ3v) is 5.51. The Balaban J connectivity index is 1.72. The van der Waals surface area contributed by atoms with Crippen molar-refractivity contribution in [2.45, 2.75) is 32.0 Å². The highest BCUT2D eigenvalue weighted by molar-refractivity contribution is 6.04. The van der Waals surface area contributed by atoms with E-state index in [0.717, 1.165) is 4.68 Å². The SMILES string of the molecule is CC1(C)C(=O)Nc2nc(-c3nn(Cc4ccccc4F)c4nc(C(F)(F)F)c(F)cc34)nnc21. The van der Waals surface area contributed by atoms with Crippen LogP contribution < -0.4 is 5.32 Å². The lowest BCUT2D eigenvalue weighted by Crippen LogP contribution is -2.27. The number of anilines is 1. The average Bonchev–Trinajstić information content (AvgIpc) is 3.21. The van der Waals surface area contributed by atoms with Crippen LogP contribution in [0, 0.1) is 11.6 Å². The van der Waals surface area contributed by atoms with Gasteiger partial charge in [0.2, 0.25) is 11.7 Å². The highest BCUT2D eigenvalue weighted by atomic mass is 19.4. The zero-order chi connectivity index (χ0) is 24.4. The molecule has 1 aliphatic rings. The first-order valence-electron chi connectivity index (χ1n) is 9.91. The molecule has 1 amide bonds. The third kappa shape index (κ3) is 3.35. The Morgan fingerprint density at radius 1 is 1.06 bits per heavy atom. The molecule has 1 N–H and O–H groups in total. The molecule has 13 heteroatoms. The molecule has 0 unspecified atom stereocenters. The van der Waals surface area contributed by atoms with Crippen molar-refractivity contribution in [1.29, 1.82) is 0 Å². The Hall–Kier alpha value is -4.03. The number of nitrogens with zero attached hydrogens (tertiary/aromatic N) is 6. The molecule has 4 aromatic rings. The minimum Gasteiger partial charge on any atom is -0.308 e. The van der Waals surface area contributed by atoms with Gasteiger partial charge >= 0.3 is 6.18 Å². The topological polar surface area (TPSA) is 98.5 Å². The van der Waals surface area contributed by atoms with Crippen molar-refractivity contribution in [1.82, 2.24) is 29.9 Å². The summed E-state index contributed by atoms with van der Waals surface area (Å²) in [6, 6.07) is 6.26. The molecule has 3 aromatic heterocycles. The van der Waals surface area contributed by atoms with Gasteiger partial charge in [-0.15, -0.1) is 10.2 Å². The second-order valence-electron chi connectivity index (χ2n) is 8.20. The number of alkyl halides is 3. The summed E-state index contributed by atoms with van der Waals surface area (Å²) in [7, 11) is 0. The van der Waals surface area contributed by atoms with Crippen LogP contribution in [0.15, 0.2) is 30.3 Å². The number of aromatic nitrogens is 6. The third-order valence-electron chi connectivity index (χ3n) is 5.51. The van der Waals surface area contributed by atoms with Gasteiger partial charge in [-0.2, -0.15) is 18.3 Å². The average molecular weight is 475 g/mol. The normalized spacial score (nSPS) is 15.0. The van der Waals surface area contributed by atoms with Crippen LogP contribution in [0.25, 0.3) is 22.6 Å². The second-order valence-corrected chi connectivity index (χ2v) is 8.20. The molecular formula is C21H14F5N7O. The Morgan fingerprint density at radius 3 is 2.50 bits per heavy atom. The van der Waals surface area contributed by atoms with E-state index in [1.165, 1.54) is 18.2 Å². The van der Waals surface area contributed by atoms with Crippen LogP contribution in [0.3, 0.4) is 0 Å². The minimum atomic E-state index is -5.06. The molecule has 0 atom stereocenters. The van der Waals surface area contributed by atoms with Crippen LogP contribution >= 0.6 is 0 Å². The summed E-state index contributed by atoms with van der Waals surface area (Å²) in [5, 5.41) is 14.6. The van der Waals surface area contributed by atoms with E-state index >= 15 is 0 Å². The molecule has 4 heterocycles. The molecule has 0 radical (unpaired) electrons. The van der Waals surface area contributed by atoms with Crippen LogP contribution in [-0.2, 0) is 22.9 Å². The van der Waals surface area contributed by atoms with E-state index in [1.807, 2.05) is 0 Å². The number of carbonyl (C=O) groups is 1. The molecule has 34 heavy (non-hydrogen) atoms. The summed E-state index contributed by atoms with van der Waals surface area (Å²) in [6.45, 7) is 2.96. The number of pyridine rings is 1. The molecule has 0 spiro atoms. The molecule has 1 aromatic carbocycles. The minimum absolute atomic E-state index is 0.108. The van der Waals surface area contributed by atoms with Crippen molar-refractivity contribution < 1.29 is 26.7 Å². The number of hydrogen-bond acceptors (Lipinski definition) is 6. The van der Waals surface area contributed by atoms with Crippen LogP contribution in [0.4, 0.5) is 27.8 Å². The molecule has 1 aliphatic heterocycles. The van der Waals surface area contributed by atoms with Crippen molar-refractivity contribution >= 4 is 22.8 Å². The first-order chi connectivity index (χ1) is 16.0. The van der Waals surface area contributed by atoms with E-state index < -0.39 is 28.9 Å². The molecule has 174 valence electrons. The van der Waals surface area contributed by atoms with E-state index in [2.05, 4.69) is 30.6 Å². The van der Waals surface area contributed by atoms with Crippen molar-refractivity contribution in [3.05, 3.63) is 58.9 Å². The number of benzene rings is 1. The van der Waals surface area contributed by atoms with Crippen molar-refractivity contribution in [2.75, 3.05) is 5.32 Å². The van der Waals surface area contributed by atoms with Gasteiger partial charge in [0, 0.05) is 5.56 Å². The number of halogens is 5. The van der Waals surface area contributed by atoms with Crippen LogP contribution in [-0.4, -0.2) is 35.9 Å². The van der Waals surface area contributed by atoms with E-state index in [4.69, 9.17) is 0 Å². The Kier molecular flexibility index (Phi) is 4.64. The summed E-state index contributed by atoms with van der Waals surface area (Å²) in [5.74, 6) is -2.65. The Bertz CT molecular complexity index is 1480. The second kappa shape index (κ2) is 7.23. The van der Waals surface area contributed by atoms with E-state index in [-0.39, 0.29) is 52.1 Å². The predicted molar refractivity (Wildman–Crippen MR) is 108 cm³/mol. The van der Waals surface area contributed by atoms with Crippen LogP contribution in [0.5, 0.6) is 0 Å². The number of nitrogens with one attached hydrogen (secondary N) is 1. The standard InChI is InChI=1S/C21H14F5N7O/c1-20(2)15-17(29-19(20)34)28-16(31-30-15)13-10-7-12(23)14(21(24,25)26)27-18(10)33(32-13)8-9-5-3-4-6-11(9)22/h3-7H,8H2,1-2H3,(H,28,29,31,34). The maximum Gasteiger partial charge on any atom is 0.436 e. The van der Waals surface area contributed by atoms with Gasteiger partial charge in [-0.25, -0.2) is 23.4 Å². The van der Waals surface area contributed by atoms with Crippen LogP contribution in [0.1, 0.15) is 30.8 Å². The summed E-state index contributed by atoms with van der Waals surface area (Å²) in [4.78, 5) is 19.9. The smallest absolute Gasteiger partial charge is 0.308 e. The molecule has 0 aliphatic carbocycles. The molecule has 0 saturated carbocycles. The van der Waals surface area contributed by atoms with Gasteiger partial charge < -0.3 is 5.32 Å². The zero-order valence-electron chi connectivity index (χ0n) is 17.6. The van der Waals surface area contributed by atoms with E-state index in [9.17, 15) is 26.7 Å². The Morgan fingerprint density at radius 2 is 1.79 bits per heavy atom. The molecule has 0 saturated heterocycles. The van der Waals surface area contributed by atoms with Gasteiger partial charge in [0.05, 0.1) is 17.3 Å². The molecular weight excluding hydrogens is 461 g/mol. The quantitative estimate of drug-likeness (QED) is 0.452. The first-order valence-corrected chi connectivity index (χ1v) is 9.91. The summed E-state index contributed by atoms with van der Waals surface area (Å²) < 4.78 is 69.6. The fraction of sp³-hybridized carbons (Fsp3) is 0.238. The largest absolute Gasteiger partial charge is 0.436 e. The van der Waals surface area contributed by atoms with E-state index in [0.29, 0.717) is 6.07 Å². The van der Waals surface area contributed by atoms with Gasteiger partial charge in [-0.1, -0.05) is 18.2 Å². The van der Waals surface area contributed by atoms with Gasteiger partial charge in [0.15, 0.2) is 23.0 Å². The fourth-order valence-electron chi connectivity index (χ4n) is 3.64. The van der Waals surface area contributed by atoms with Gasteiger partial charge in [-0.3, -0.25) is 4.79 Å².